The van der Waals surface area contributed by atoms with Crippen LogP contribution in [0.2, 0.25) is 5.02 Å². The van der Waals surface area contributed by atoms with Gasteiger partial charge >= 0.3 is 6.18 Å². The summed E-state index contributed by atoms with van der Waals surface area (Å²) in [6.07, 6.45) is -2.43. The Morgan fingerprint density at radius 2 is 1.83 bits per heavy atom. The first-order chi connectivity index (χ1) is 17.1. The summed E-state index contributed by atoms with van der Waals surface area (Å²) in [5, 5.41) is 0.224. The molecule has 1 aliphatic rings. The first-order valence-corrected chi connectivity index (χ1v) is 13.1. The lowest BCUT2D eigenvalue weighted by atomic mass is 9.88. The molecule has 0 N–H and O–H groups in total. The molecule has 0 aliphatic heterocycles. The smallest absolute Gasteiger partial charge is 0.313 e. The number of aromatic nitrogens is 2. The molecule has 0 radical (unpaired) electrons. The maximum atomic E-state index is 13.0. The number of hydrogen-bond acceptors (Lipinski definition) is 3. The molecule has 4 aromatic rings. The van der Waals surface area contributed by atoms with Crippen molar-refractivity contribution >= 4 is 45.1 Å². The Labute approximate surface area is 223 Å². The summed E-state index contributed by atoms with van der Waals surface area (Å²) < 4.78 is 42.0. The van der Waals surface area contributed by atoms with Crippen LogP contribution in [0.4, 0.5) is 13.2 Å². The second-order valence-corrected chi connectivity index (χ2v) is 11.2. The van der Waals surface area contributed by atoms with Gasteiger partial charge < -0.3 is 4.57 Å². The van der Waals surface area contributed by atoms with Crippen LogP contribution in [0.25, 0.3) is 16.9 Å². The zero-order valence-corrected chi connectivity index (χ0v) is 22.1. The number of pyridine rings is 1. The summed E-state index contributed by atoms with van der Waals surface area (Å²) in [7, 11) is 0. The van der Waals surface area contributed by atoms with E-state index in [0.29, 0.717) is 6.42 Å². The minimum absolute atomic E-state index is 0.0615. The molecule has 0 saturated heterocycles. The van der Waals surface area contributed by atoms with Crippen molar-refractivity contribution in [3.8, 4) is 16.9 Å². The van der Waals surface area contributed by atoms with Gasteiger partial charge in [-0.2, -0.15) is 13.2 Å². The standard InChI is InChI=1S/C27H19BrClF3N2OS/c1-15-9-24-21(25(35)10-15)13-23(16-5-7-18(28)8-6-16)34(24)19-3-2-4-20(12-19)36-26-22(29)11-17(14-33-26)27(30,31)32/h2-8,11-15H,9-10H2,1H3. The van der Waals surface area contributed by atoms with Gasteiger partial charge in [0, 0.05) is 38.9 Å². The summed E-state index contributed by atoms with van der Waals surface area (Å²) in [5.74, 6) is 0.358. The fourth-order valence-electron chi connectivity index (χ4n) is 4.40. The van der Waals surface area contributed by atoms with E-state index in [1.165, 1.54) is 11.8 Å². The van der Waals surface area contributed by atoms with Crippen molar-refractivity contribution in [1.82, 2.24) is 9.55 Å². The summed E-state index contributed by atoms with van der Waals surface area (Å²) in [6, 6.07) is 18.4. The molecule has 0 spiro atoms. The molecular weight excluding hydrogens is 573 g/mol. The van der Waals surface area contributed by atoms with Gasteiger partial charge in [0.2, 0.25) is 0 Å². The van der Waals surface area contributed by atoms with Crippen molar-refractivity contribution in [2.75, 3.05) is 0 Å². The number of ketones is 1. The molecule has 36 heavy (non-hydrogen) atoms. The minimum atomic E-state index is -4.51. The maximum absolute atomic E-state index is 13.0. The topological polar surface area (TPSA) is 34.9 Å². The monoisotopic (exact) mass is 590 g/mol. The van der Waals surface area contributed by atoms with Crippen LogP contribution in [0.1, 0.15) is 35.0 Å². The zero-order valence-electron chi connectivity index (χ0n) is 18.9. The summed E-state index contributed by atoms with van der Waals surface area (Å²) >= 11 is 10.8. The van der Waals surface area contributed by atoms with Gasteiger partial charge in [-0.3, -0.25) is 4.79 Å². The molecule has 184 valence electrons. The Balaban J connectivity index is 1.58. The third kappa shape index (κ3) is 4.99. The molecule has 5 rings (SSSR count). The molecule has 2 heterocycles. The summed E-state index contributed by atoms with van der Waals surface area (Å²) in [4.78, 5) is 17.6. The summed E-state index contributed by atoms with van der Waals surface area (Å²) in [6.45, 7) is 2.07. The van der Waals surface area contributed by atoms with E-state index in [0.717, 1.165) is 56.3 Å². The van der Waals surface area contributed by atoms with Crippen LogP contribution in [0.3, 0.4) is 0 Å². The van der Waals surface area contributed by atoms with Crippen LogP contribution in [-0.4, -0.2) is 15.3 Å². The van der Waals surface area contributed by atoms with Gasteiger partial charge in [0.1, 0.15) is 5.03 Å². The van der Waals surface area contributed by atoms with Crippen molar-refractivity contribution in [3.05, 3.63) is 93.2 Å². The Bertz CT molecular complexity index is 1470. The highest BCUT2D eigenvalue weighted by atomic mass is 79.9. The molecular formula is C27H19BrClF3N2OS. The predicted octanol–water partition coefficient (Wildman–Crippen LogP) is 8.89. The largest absolute Gasteiger partial charge is 0.417 e. The fourth-order valence-corrected chi connectivity index (χ4v) is 5.76. The van der Waals surface area contributed by atoms with Gasteiger partial charge in [-0.05, 0) is 60.4 Å². The third-order valence-corrected chi connectivity index (χ3v) is 7.98. The van der Waals surface area contributed by atoms with E-state index >= 15 is 0 Å². The second-order valence-electron chi connectivity index (χ2n) is 8.78. The number of carbonyl (C=O) groups excluding carboxylic acids is 1. The fraction of sp³-hybridized carbons (Fsp3) is 0.185. The van der Waals surface area contributed by atoms with E-state index < -0.39 is 11.7 Å². The third-order valence-electron chi connectivity index (χ3n) is 6.04. The van der Waals surface area contributed by atoms with Gasteiger partial charge in [0.25, 0.3) is 0 Å². The average Bonchev–Trinajstić information content (AvgIpc) is 3.20. The zero-order chi connectivity index (χ0) is 25.6. The lowest BCUT2D eigenvalue weighted by molar-refractivity contribution is -0.137. The first-order valence-electron chi connectivity index (χ1n) is 11.1. The van der Waals surface area contributed by atoms with Crippen molar-refractivity contribution in [1.29, 1.82) is 0 Å². The molecule has 9 heteroatoms. The highest BCUT2D eigenvalue weighted by Gasteiger charge is 2.32. The number of halogens is 5. The molecule has 0 saturated carbocycles. The van der Waals surface area contributed by atoms with Gasteiger partial charge in [-0.25, -0.2) is 4.98 Å². The maximum Gasteiger partial charge on any atom is 0.417 e. The van der Waals surface area contributed by atoms with Gasteiger partial charge in [-0.15, -0.1) is 0 Å². The number of alkyl halides is 3. The quantitative estimate of drug-likeness (QED) is 0.238. The first kappa shape index (κ1) is 25.1. The molecule has 1 unspecified atom stereocenters. The molecule has 1 aliphatic carbocycles. The lowest BCUT2D eigenvalue weighted by Crippen LogP contribution is -2.19. The van der Waals surface area contributed by atoms with Crippen molar-refractivity contribution in [2.24, 2.45) is 5.92 Å². The molecule has 3 nitrogen and oxygen atoms in total. The molecule has 1 atom stereocenters. The van der Waals surface area contributed by atoms with Gasteiger partial charge in [-0.1, -0.05) is 64.4 Å². The molecule has 2 aromatic heterocycles. The number of fused-ring (bicyclic) bond motifs is 1. The minimum Gasteiger partial charge on any atom is -0.313 e. The van der Waals surface area contributed by atoms with Crippen molar-refractivity contribution in [3.63, 3.8) is 0 Å². The molecule has 0 bridgehead atoms. The number of hydrogen-bond donors (Lipinski definition) is 0. The Morgan fingerprint density at radius 3 is 2.53 bits per heavy atom. The number of rotatable bonds is 4. The molecule has 0 amide bonds. The van der Waals surface area contributed by atoms with E-state index in [-0.39, 0.29) is 21.7 Å². The van der Waals surface area contributed by atoms with E-state index in [9.17, 15) is 18.0 Å². The highest BCUT2D eigenvalue weighted by molar-refractivity contribution is 9.10. The number of benzene rings is 2. The van der Waals surface area contributed by atoms with Crippen LogP contribution in [0, 0.1) is 5.92 Å². The van der Waals surface area contributed by atoms with E-state index in [1.54, 1.807) is 0 Å². The van der Waals surface area contributed by atoms with Crippen molar-refractivity contribution in [2.45, 2.75) is 35.9 Å². The van der Waals surface area contributed by atoms with E-state index in [4.69, 9.17) is 11.6 Å². The van der Waals surface area contributed by atoms with Gasteiger partial charge in [0.05, 0.1) is 16.3 Å². The Hall–Kier alpha value is -2.55. The highest BCUT2D eigenvalue weighted by Crippen LogP contribution is 2.39. The summed E-state index contributed by atoms with van der Waals surface area (Å²) in [5.41, 5.74) is 3.54. The van der Waals surface area contributed by atoms with Crippen LogP contribution in [0.5, 0.6) is 0 Å². The Morgan fingerprint density at radius 1 is 1.08 bits per heavy atom. The molecule has 0 fully saturated rings. The van der Waals surface area contributed by atoms with E-state index in [1.807, 2.05) is 54.6 Å². The number of Topliss-reactive ketones (excluding diaryl/α,β-unsaturated/α-hetero) is 1. The SMILES string of the molecule is CC1CC(=O)c2cc(-c3ccc(Br)cc3)n(-c3cccc(Sc4ncc(C(F)(F)F)cc4Cl)c3)c2C1. The molecule has 2 aromatic carbocycles. The van der Waals surface area contributed by atoms with Crippen LogP contribution in [-0.2, 0) is 12.6 Å². The predicted molar refractivity (Wildman–Crippen MR) is 139 cm³/mol. The van der Waals surface area contributed by atoms with E-state index in [2.05, 4.69) is 32.4 Å². The van der Waals surface area contributed by atoms with Crippen LogP contribution < -0.4 is 0 Å². The number of carbonyl (C=O) groups is 1. The van der Waals surface area contributed by atoms with Crippen LogP contribution in [0.15, 0.2) is 81.3 Å². The Kier molecular flexibility index (Phi) is 6.78. The normalized spacial score (nSPS) is 15.7. The average molecular weight is 592 g/mol. The second kappa shape index (κ2) is 9.72. The number of nitrogens with zero attached hydrogens (tertiary/aromatic N) is 2. The lowest BCUT2D eigenvalue weighted by Gasteiger charge is -2.21. The van der Waals surface area contributed by atoms with Crippen molar-refractivity contribution < 1.29 is 18.0 Å². The van der Waals surface area contributed by atoms with Crippen LogP contribution >= 0.6 is 39.3 Å². The van der Waals surface area contributed by atoms with Gasteiger partial charge in [0.15, 0.2) is 5.78 Å².